The summed E-state index contributed by atoms with van der Waals surface area (Å²) in [4.78, 5) is 11.4. The predicted octanol–water partition coefficient (Wildman–Crippen LogP) is 1.09. The SMILES string of the molecule is C[C@H](NS[OH2+])c1cc(=O)n(C)cc1Br. The molecule has 0 fully saturated rings. The van der Waals surface area contributed by atoms with Gasteiger partial charge in [-0.3, -0.25) is 4.79 Å². The fraction of sp³-hybridized carbons (Fsp3) is 0.375. The summed E-state index contributed by atoms with van der Waals surface area (Å²) in [5, 5.41) is 0. The minimum absolute atomic E-state index is 0.0271. The highest BCUT2D eigenvalue weighted by Gasteiger charge is 2.11. The molecule has 0 aromatic carbocycles. The Morgan fingerprint density at radius 2 is 2.36 bits per heavy atom. The Bertz CT molecular complexity index is 380. The average Bonchev–Trinajstić information content (AvgIpc) is 2.11. The van der Waals surface area contributed by atoms with Crippen molar-refractivity contribution in [2.45, 2.75) is 13.0 Å². The minimum atomic E-state index is -0.0492. The van der Waals surface area contributed by atoms with Gasteiger partial charge in [-0.25, -0.2) is 0 Å². The van der Waals surface area contributed by atoms with Gasteiger partial charge in [0.15, 0.2) is 0 Å². The third-order valence-corrected chi connectivity index (χ3v) is 3.05. The molecule has 14 heavy (non-hydrogen) atoms. The van der Waals surface area contributed by atoms with E-state index in [-0.39, 0.29) is 11.6 Å². The molecule has 0 aliphatic rings. The second-order valence-corrected chi connectivity index (χ2v) is 4.26. The number of nitrogens with one attached hydrogen (secondary N) is 1. The van der Waals surface area contributed by atoms with Crippen molar-refractivity contribution in [3.05, 3.63) is 32.7 Å². The van der Waals surface area contributed by atoms with Gasteiger partial charge in [-0.05, 0) is 28.4 Å². The number of hydrogen-bond acceptors (Lipinski definition) is 3. The van der Waals surface area contributed by atoms with Crippen LogP contribution in [-0.2, 0) is 7.05 Å². The van der Waals surface area contributed by atoms with Crippen LogP contribution in [0.25, 0.3) is 0 Å². The van der Waals surface area contributed by atoms with Crippen LogP contribution >= 0.6 is 28.2 Å². The summed E-state index contributed by atoms with van der Waals surface area (Å²) in [7, 11) is 1.70. The predicted molar refractivity (Wildman–Crippen MR) is 62.1 cm³/mol. The Morgan fingerprint density at radius 3 is 2.93 bits per heavy atom. The van der Waals surface area contributed by atoms with Crippen LogP contribution in [0.1, 0.15) is 18.5 Å². The molecule has 1 aromatic rings. The highest BCUT2D eigenvalue weighted by Crippen LogP contribution is 2.21. The van der Waals surface area contributed by atoms with Crippen LogP contribution in [0, 0.1) is 0 Å². The van der Waals surface area contributed by atoms with Gasteiger partial charge >= 0.3 is 0 Å². The molecule has 3 N–H and O–H groups in total. The fourth-order valence-electron chi connectivity index (χ4n) is 1.10. The zero-order valence-corrected chi connectivity index (χ0v) is 10.3. The lowest BCUT2D eigenvalue weighted by molar-refractivity contribution is 0.626. The molecule has 0 aliphatic carbocycles. The van der Waals surface area contributed by atoms with Crippen LogP contribution in [0.5, 0.6) is 0 Å². The Morgan fingerprint density at radius 1 is 1.71 bits per heavy atom. The third kappa shape index (κ3) is 2.60. The molecule has 0 aliphatic heterocycles. The molecule has 1 heterocycles. The molecule has 6 heteroatoms. The lowest BCUT2D eigenvalue weighted by Crippen LogP contribution is -2.19. The number of halogens is 1. The first-order valence-corrected chi connectivity index (χ1v) is 5.61. The van der Waals surface area contributed by atoms with Crippen LogP contribution in [0.4, 0.5) is 0 Å². The molecule has 0 bridgehead atoms. The fourth-order valence-corrected chi connectivity index (χ4v) is 2.16. The summed E-state index contributed by atoms with van der Waals surface area (Å²) >= 11 is 4.18. The number of nitrogens with zero attached hydrogens (tertiary/aromatic N) is 1. The topological polar surface area (TPSA) is 56.9 Å². The van der Waals surface area contributed by atoms with E-state index in [9.17, 15) is 4.79 Å². The number of pyridine rings is 1. The van der Waals surface area contributed by atoms with Crippen molar-refractivity contribution in [3.8, 4) is 0 Å². The van der Waals surface area contributed by atoms with Crippen LogP contribution < -0.4 is 10.3 Å². The minimum Gasteiger partial charge on any atom is -0.358 e. The summed E-state index contributed by atoms with van der Waals surface area (Å²) in [6, 6.07) is 1.54. The molecule has 4 nitrogen and oxygen atoms in total. The number of aryl methyl sites for hydroxylation is 1. The molecule has 0 saturated heterocycles. The van der Waals surface area contributed by atoms with Crippen molar-refractivity contribution in [1.82, 2.24) is 9.29 Å². The van der Waals surface area contributed by atoms with Crippen molar-refractivity contribution in [3.63, 3.8) is 0 Å². The number of aromatic nitrogens is 1. The molecule has 1 aromatic heterocycles. The Labute approximate surface area is 94.8 Å². The number of rotatable bonds is 3. The van der Waals surface area contributed by atoms with E-state index < -0.39 is 0 Å². The van der Waals surface area contributed by atoms with Gasteiger partial charge in [-0.1, -0.05) is 0 Å². The molecule has 0 unspecified atom stereocenters. The van der Waals surface area contributed by atoms with E-state index >= 15 is 0 Å². The first-order valence-electron chi connectivity index (χ1n) is 4.00. The molecule has 0 amide bonds. The van der Waals surface area contributed by atoms with Gasteiger partial charge in [-0.15, -0.1) is 0 Å². The van der Waals surface area contributed by atoms with E-state index in [1.54, 1.807) is 19.3 Å². The second-order valence-electron chi connectivity index (χ2n) is 2.97. The smallest absolute Gasteiger partial charge is 0.283 e. The van der Waals surface area contributed by atoms with Gasteiger partial charge < -0.3 is 9.12 Å². The molecule has 0 spiro atoms. The van der Waals surface area contributed by atoms with E-state index in [1.807, 2.05) is 6.92 Å². The van der Waals surface area contributed by atoms with Crippen molar-refractivity contribution in [2.75, 3.05) is 0 Å². The van der Waals surface area contributed by atoms with Gasteiger partial charge in [0, 0.05) is 29.8 Å². The molecular formula is C8H12BrN2O2S+. The van der Waals surface area contributed by atoms with E-state index in [2.05, 4.69) is 20.7 Å². The average molecular weight is 280 g/mol. The summed E-state index contributed by atoms with van der Waals surface area (Å²) < 4.78 is 12.2. The van der Waals surface area contributed by atoms with Crippen LogP contribution in [0.15, 0.2) is 21.5 Å². The van der Waals surface area contributed by atoms with Gasteiger partial charge in [0.25, 0.3) is 17.8 Å². The summed E-state index contributed by atoms with van der Waals surface area (Å²) in [6.45, 7) is 1.90. The molecule has 0 saturated carbocycles. The maximum atomic E-state index is 11.4. The molecule has 78 valence electrons. The molecule has 0 radical (unpaired) electrons. The summed E-state index contributed by atoms with van der Waals surface area (Å²) in [5.74, 6) is 0. The van der Waals surface area contributed by atoms with Gasteiger partial charge in [0.2, 0.25) is 0 Å². The van der Waals surface area contributed by atoms with Crippen molar-refractivity contribution in [2.24, 2.45) is 7.05 Å². The van der Waals surface area contributed by atoms with Gasteiger partial charge in [0.1, 0.15) is 0 Å². The summed E-state index contributed by atoms with van der Waals surface area (Å²) in [5.41, 5.74) is 0.819. The van der Waals surface area contributed by atoms with E-state index in [1.165, 1.54) is 4.57 Å². The maximum absolute atomic E-state index is 11.4. The molecule has 1 rings (SSSR count). The van der Waals surface area contributed by atoms with Crippen LogP contribution in [0.2, 0.25) is 0 Å². The van der Waals surface area contributed by atoms with Gasteiger partial charge in [0.05, 0.1) is 0 Å². The maximum Gasteiger partial charge on any atom is 0.283 e. The first-order chi connectivity index (χ1) is 6.56. The lowest BCUT2D eigenvalue weighted by Gasteiger charge is -2.11. The van der Waals surface area contributed by atoms with Gasteiger partial charge in [-0.2, -0.15) is 4.72 Å². The van der Waals surface area contributed by atoms with Crippen molar-refractivity contribution < 1.29 is 4.55 Å². The van der Waals surface area contributed by atoms with E-state index in [4.69, 9.17) is 4.55 Å². The quantitative estimate of drug-likeness (QED) is 0.512. The van der Waals surface area contributed by atoms with E-state index in [0.717, 1.165) is 22.3 Å². The van der Waals surface area contributed by atoms with Crippen molar-refractivity contribution >= 4 is 28.2 Å². The monoisotopic (exact) mass is 279 g/mol. The largest absolute Gasteiger partial charge is 0.358 e. The van der Waals surface area contributed by atoms with Crippen LogP contribution in [0.3, 0.4) is 0 Å². The lowest BCUT2D eigenvalue weighted by atomic mass is 10.1. The Balaban J connectivity index is 3.09. The second kappa shape index (κ2) is 4.97. The highest BCUT2D eigenvalue weighted by atomic mass is 79.9. The molecular weight excluding hydrogens is 268 g/mol. The third-order valence-electron chi connectivity index (χ3n) is 1.91. The van der Waals surface area contributed by atoms with E-state index in [0.29, 0.717) is 0 Å². The van der Waals surface area contributed by atoms with Crippen LogP contribution in [-0.4, -0.2) is 9.12 Å². The Kier molecular flexibility index (Phi) is 4.18. The Hall–Kier alpha value is -0.300. The highest BCUT2D eigenvalue weighted by molar-refractivity contribution is 9.10. The molecule has 1 atom stereocenters. The summed E-state index contributed by atoms with van der Waals surface area (Å²) in [6.07, 6.45) is 1.73. The zero-order chi connectivity index (χ0) is 10.7. The zero-order valence-electron chi connectivity index (χ0n) is 7.87. The first kappa shape index (κ1) is 11.8. The van der Waals surface area contributed by atoms with Crippen molar-refractivity contribution in [1.29, 1.82) is 0 Å². The normalized spacial score (nSPS) is 12.9. The standard InChI is InChI=1S/C8H11BrN2O2S/c1-5(10-14-13)6-3-8(12)11(2)4-7(6)9/h3-5,10,13H,1-2H3/p+1/t5-/m0/s1. The number of hydrogen-bond donors (Lipinski definition) is 1.